The predicted molar refractivity (Wildman–Crippen MR) is 124 cm³/mol. The van der Waals surface area contributed by atoms with E-state index in [9.17, 15) is 10.2 Å². The molecule has 2 aliphatic carbocycles. The van der Waals surface area contributed by atoms with Crippen molar-refractivity contribution in [2.45, 2.75) is 63.5 Å². The van der Waals surface area contributed by atoms with Gasteiger partial charge in [-0.25, -0.2) is 0 Å². The second-order valence-electron chi connectivity index (χ2n) is 9.63. The van der Waals surface area contributed by atoms with Crippen molar-refractivity contribution in [2.75, 3.05) is 33.3 Å². The van der Waals surface area contributed by atoms with Gasteiger partial charge in [0.2, 0.25) is 0 Å². The SMILES string of the molecule is COC1=CC2C(NCCC3CCN(CCC4CCCCC4O)CC3)=C(O)C=NC2C=C1. The Hall–Kier alpha value is -1.79. The van der Waals surface area contributed by atoms with Crippen molar-refractivity contribution in [2.24, 2.45) is 22.7 Å². The van der Waals surface area contributed by atoms with Gasteiger partial charge in [-0.3, -0.25) is 4.99 Å². The van der Waals surface area contributed by atoms with Crippen LogP contribution in [-0.4, -0.2) is 66.8 Å². The number of nitrogens with zero attached hydrogens (tertiary/aromatic N) is 2. The van der Waals surface area contributed by atoms with Crippen LogP contribution >= 0.6 is 0 Å². The molecule has 0 amide bonds. The lowest BCUT2D eigenvalue weighted by Crippen LogP contribution is -2.38. The Morgan fingerprint density at radius 1 is 1.16 bits per heavy atom. The van der Waals surface area contributed by atoms with Crippen molar-refractivity contribution in [1.29, 1.82) is 0 Å². The van der Waals surface area contributed by atoms with Crippen molar-refractivity contribution in [3.63, 3.8) is 0 Å². The van der Waals surface area contributed by atoms with E-state index in [0.717, 1.165) is 49.7 Å². The van der Waals surface area contributed by atoms with E-state index in [-0.39, 0.29) is 23.8 Å². The van der Waals surface area contributed by atoms with Gasteiger partial charge in [-0.2, -0.15) is 0 Å². The van der Waals surface area contributed by atoms with Crippen LogP contribution in [0.3, 0.4) is 0 Å². The van der Waals surface area contributed by atoms with E-state index in [4.69, 9.17) is 4.74 Å². The van der Waals surface area contributed by atoms with Gasteiger partial charge < -0.3 is 25.2 Å². The summed E-state index contributed by atoms with van der Waals surface area (Å²) in [6, 6.07) is 0.0308. The minimum atomic E-state index is -0.0676. The lowest BCUT2D eigenvalue weighted by Gasteiger charge is -2.35. The molecule has 6 heteroatoms. The number of fused-ring (bicyclic) bond motifs is 1. The topological polar surface area (TPSA) is 77.3 Å². The van der Waals surface area contributed by atoms with Crippen molar-refractivity contribution >= 4 is 6.21 Å². The van der Waals surface area contributed by atoms with Gasteiger partial charge in [-0.15, -0.1) is 0 Å². The molecular formula is C25H39N3O3. The highest BCUT2D eigenvalue weighted by atomic mass is 16.5. The molecule has 1 saturated carbocycles. The maximum atomic E-state index is 10.4. The molecule has 0 aromatic rings. The minimum absolute atomic E-state index is 0.0157. The lowest BCUT2D eigenvalue weighted by atomic mass is 9.84. The van der Waals surface area contributed by atoms with Crippen LogP contribution in [-0.2, 0) is 4.74 Å². The highest BCUT2D eigenvalue weighted by Gasteiger charge is 2.30. The molecule has 6 nitrogen and oxygen atoms in total. The fourth-order valence-corrected chi connectivity index (χ4v) is 5.57. The molecule has 0 bridgehead atoms. The van der Waals surface area contributed by atoms with Crippen LogP contribution in [0.2, 0.25) is 0 Å². The summed E-state index contributed by atoms with van der Waals surface area (Å²) in [6.45, 7) is 4.35. The van der Waals surface area contributed by atoms with Gasteiger partial charge in [0.25, 0.3) is 0 Å². The van der Waals surface area contributed by atoms with Crippen LogP contribution in [0.15, 0.2) is 40.4 Å². The summed E-state index contributed by atoms with van der Waals surface area (Å²) < 4.78 is 5.37. The number of dihydropyridines is 1. The Morgan fingerprint density at radius 2 is 1.97 bits per heavy atom. The first-order valence-electron chi connectivity index (χ1n) is 12.2. The first-order valence-corrected chi connectivity index (χ1v) is 12.2. The number of methoxy groups -OCH3 is 1. The first kappa shape index (κ1) is 22.4. The first-order chi connectivity index (χ1) is 15.1. The summed E-state index contributed by atoms with van der Waals surface area (Å²) in [4.78, 5) is 7.02. The molecule has 3 N–H and O–H groups in total. The van der Waals surface area contributed by atoms with E-state index in [0.29, 0.717) is 5.92 Å². The highest BCUT2D eigenvalue weighted by molar-refractivity contribution is 5.78. The molecular weight excluding hydrogens is 390 g/mol. The number of rotatable bonds is 8. The Labute approximate surface area is 186 Å². The van der Waals surface area contributed by atoms with E-state index in [1.54, 1.807) is 13.3 Å². The minimum Gasteiger partial charge on any atom is -0.505 e. The van der Waals surface area contributed by atoms with Gasteiger partial charge in [-0.05, 0) is 82.1 Å². The number of ether oxygens (including phenoxy) is 1. The Morgan fingerprint density at radius 3 is 2.74 bits per heavy atom. The lowest BCUT2D eigenvalue weighted by molar-refractivity contribution is 0.0553. The monoisotopic (exact) mass is 429 g/mol. The van der Waals surface area contributed by atoms with Crippen molar-refractivity contribution < 1.29 is 14.9 Å². The fraction of sp³-hybridized carbons (Fsp3) is 0.720. The number of allylic oxidation sites excluding steroid dienone is 2. The number of aliphatic hydroxyl groups is 2. The molecule has 4 unspecified atom stereocenters. The van der Waals surface area contributed by atoms with Crippen LogP contribution in [0.1, 0.15) is 51.4 Å². The predicted octanol–water partition coefficient (Wildman–Crippen LogP) is 3.56. The molecule has 172 valence electrons. The molecule has 2 fully saturated rings. The zero-order chi connectivity index (χ0) is 21.6. The van der Waals surface area contributed by atoms with Crippen LogP contribution in [0.5, 0.6) is 0 Å². The van der Waals surface area contributed by atoms with Crippen molar-refractivity contribution in [1.82, 2.24) is 10.2 Å². The third-order valence-corrected chi connectivity index (χ3v) is 7.64. The number of hydrogen-bond acceptors (Lipinski definition) is 6. The second-order valence-corrected chi connectivity index (χ2v) is 9.63. The molecule has 4 rings (SSSR count). The molecule has 4 aliphatic rings. The summed E-state index contributed by atoms with van der Waals surface area (Å²) in [5.41, 5.74) is 0.863. The Balaban J connectivity index is 1.18. The largest absolute Gasteiger partial charge is 0.505 e. The summed E-state index contributed by atoms with van der Waals surface area (Å²) >= 11 is 0. The summed E-state index contributed by atoms with van der Waals surface area (Å²) in [6.07, 6.45) is 17.0. The van der Waals surface area contributed by atoms with E-state index in [1.807, 2.05) is 18.2 Å². The van der Waals surface area contributed by atoms with Crippen LogP contribution in [0.4, 0.5) is 0 Å². The van der Waals surface area contributed by atoms with Gasteiger partial charge in [0.05, 0.1) is 37.1 Å². The molecule has 1 saturated heterocycles. The number of aliphatic imine (C=N–C) groups is 1. The summed E-state index contributed by atoms with van der Waals surface area (Å²) in [5.74, 6) is 2.32. The average Bonchev–Trinajstić information content (AvgIpc) is 2.80. The molecule has 0 aromatic carbocycles. The van der Waals surface area contributed by atoms with Crippen LogP contribution < -0.4 is 5.32 Å². The van der Waals surface area contributed by atoms with Crippen molar-refractivity contribution in [3.8, 4) is 0 Å². The second kappa shape index (κ2) is 10.7. The quantitative estimate of drug-likeness (QED) is 0.550. The van der Waals surface area contributed by atoms with Crippen LogP contribution in [0.25, 0.3) is 0 Å². The smallest absolute Gasteiger partial charge is 0.152 e. The van der Waals surface area contributed by atoms with Crippen molar-refractivity contribution in [3.05, 3.63) is 35.4 Å². The van der Waals surface area contributed by atoms with Crippen LogP contribution in [0, 0.1) is 17.8 Å². The van der Waals surface area contributed by atoms with Gasteiger partial charge in [0, 0.05) is 6.54 Å². The number of aliphatic hydroxyl groups excluding tert-OH is 2. The van der Waals surface area contributed by atoms with Gasteiger partial charge in [-0.1, -0.05) is 18.9 Å². The Kier molecular flexibility index (Phi) is 7.72. The maximum Gasteiger partial charge on any atom is 0.152 e. The maximum absolute atomic E-state index is 10.4. The van der Waals surface area contributed by atoms with E-state index in [1.165, 1.54) is 45.2 Å². The fourth-order valence-electron chi connectivity index (χ4n) is 5.57. The average molecular weight is 430 g/mol. The zero-order valence-corrected chi connectivity index (χ0v) is 18.9. The molecule has 2 aliphatic heterocycles. The standard InChI is InChI=1S/C25H39N3O3/c1-31-20-6-7-22-21(16-20)25(24(30)17-27-22)26-12-8-18-9-13-28(14-10-18)15-11-19-4-2-3-5-23(19)29/h6-7,16-19,21-23,26,29-30H,2-5,8-15H2,1H3. The van der Waals surface area contributed by atoms with Gasteiger partial charge >= 0.3 is 0 Å². The normalized spacial score (nSPS) is 32.0. The molecule has 2 heterocycles. The highest BCUT2D eigenvalue weighted by Crippen LogP contribution is 2.30. The molecule has 0 aromatic heterocycles. The van der Waals surface area contributed by atoms with E-state index < -0.39 is 0 Å². The third-order valence-electron chi connectivity index (χ3n) is 7.64. The molecule has 4 atom stereocenters. The Bertz CT molecular complexity index is 722. The molecule has 31 heavy (non-hydrogen) atoms. The molecule has 0 radical (unpaired) electrons. The van der Waals surface area contributed by atoms with E-state index in [2.05, 4.69) is 15.2 Å². The molecule has 0 spiro atoms. The van der Waals surface area contributed by atoms with Gasteiger partial charge in [0.15, 0.2) is 5.76 Å². The number of nitrogens with one attached hydrogen (secondary N) is 1. The van der Waals surface area contributed by atoms with E-state index >= 15 is 0 Å². The zero-order valence-electron chi connectivity index (χ0n) is 18.9. The van der Waals surface area contributed by atoms with Gasteiger partial charge in [0.1, 0.15) is 5.76 Å². The number of hydrogen-bond donors (Lipinski definition) is 3. The summed E-state index contributed by atoms with van der Waals surface area (Å²) in [5, 5.41) is 24.1. The number of piperidine rings is 1. The summed E-state index contributed by atoms with van der Waals surface area (Å²) in [7, 11) is 1.67. The third kappa shape index (κ3) is 5.72. The number of likely N-dealkylation sites (tertiary alicyclic amines) is 1.